The Morgan fingerprint density at radius 1 is 0.833 bits per heavy atom. The number of rotatable bonds is 1. The van der Waals surface area contributed by atoms with E-state index < -0.39 is 0 Å². The van der Waals surface area contributed by atoms with Gasteiger partial charge in [0.1, 0.15) is 0 Å². The Bertz CT molecular complexity index is 17.4. The SMILES string of the molecule is CC.CCCP.[CH3-].[CH3-].[Cu+2].[Cu+2].[Cu+2].[Cu+2]. The molecule has 0 aromatic carbocycles. The summed E-state index contributed by atoms with van der Waals surface area (Å²) in [4.78, 5) is 0. The Hall–Kier alpha value is 2.51. The van der Waals surface area contributed by atoms with Crippen LogP contribution in [0.5, 0.6) is 0 Å². The molecule has 0 fully saturated rings. The van der Waals surface area contributed by atoms with Crippen LogP contribution in [0.4, 0.5) is 0 Å². The molecule has 92 valence electrons. The van der Waals surface area contributed by atoms with Crippen LogP contribution in [0.3, 0.4) is 0 Å². The standard InChI is InChI=1S/C3H9P.C2H6.2CH3.4Cu/c1-2-3-4;1-2;;;;;;/h2-4H2,1H3;1-2H3;2*1H3;;;;/q;;2*-1;4*+2. The molecular formula is C7H21Cu4P+6. The number of hydrogen-bond acceptors (Lipinski definition) is 0. The monoisotopic (exact) mass is 388 g/mol. The van der Waals surface area contributed by atoms with Gasteiger partial charge in [0.2, 0.25) is 0 Å². The second-order valence-electron chi connectivity index (χ2n) is 0.789. The number of hydrogen-bond donors (Lipinski definition) is 0. The van der Waals surface area contributed by atoms with Crippen molar-refractivity contribution in [2.45, 2.75) is 27.2 Å². The molecule has 5 heteroatoms. The molecule has 0 bridgehead atoms. The molecule has 0 aromatic rings. The zero-order valence-electron chi connectivity index (χ0n) is 8.20. The predicted octanol–water partition coefficient (Wildman–Crippen LogP) is 3.19. The zero-order valence-corrected chi connectivity index (χ0v) is 13.1. The third-order valence-corrected chi connectivity index (χ3v) is 0.866. The molecule has 4 radical (unpaired) electrons. The van der Waals surface area contributed by atoms with Crippen LogP contribution in [0.15, 0.2) is 0 Å². The van der Waals surface area contributed by atoms with Crippen molar-refractivity contribution in [1.29, 1.82) is 0 Å². The van der Waals surface area contributed by atoms with E-state index in [9.17, 15) is 0 Å². The topological polar surface area (TPSA) is 0 Å². The smallest absolute Gasteiger partial charge is 0.358 e. The first-order valence-electron chi connectivity index (χ1n) is 2.62. The molecule has 0 spiro atoms. The van der Waals surface area contributed by atoms with Crippen molar-refractivity contribution in [2.75, 3.05) is 6.16 Å². The second-order valence-corrected chi connectivity index (χ2v) is 1.37. The maximum Gasteiger partial charge on any atom is 2.00 e. The van der Waals surface area contributed by atoms with Crippen molar-refractivity contribution in [3.8, 4) is 0 Å². The summed E-state index contributed by atoms with van der Waals surface area (Å²) in [6, 6.07) is 0. The summed E-state index contributed by atoms with van der Waals surface area (Å²) in [6.07, 6.45) is 2.52. The average Bonchev–Trinajstić information content (AvgIpc) is 1.72. The van der Waals surface area contributed by atoms with Crippen LogP contribution in [0.1, 0.15) is 27.2 Å². The van der Waals surface area contributed by atoms with Gasteiger partial charge in [-0.15, -0.1) is 9.24 Å². The van der Waals surface area contributed by atoms with Crippen LogP contribution in [0.25, 0.3) is 0 Å². The summed E-state index contributed by atoms with van der Waals surface area (Å²) in [5.41, 5.74) is 0. The summed E-state index contributed by atoms with van der Waals surface area (Å²) < 4.78 is 0. The Morgan fingerprint density at radius 2 is 0.917 bits per heavy atom. The molecule has 0 amide bonds. The van der Waals surface area contributed by atoms with Crippen molar-refractivity contribution in [2.24, 2.45) is 0 Å². The van der Waals surface area contributed by atoms with Crippen molar-refractivity contribution in [3.05, 3.63) is 14.9 Å². The quantitative estimate of drug-likeness (QED) is 0.367. The van der Waals surface area contributed by atoms with Gasteiger partial charge in [0, 0.05) is 0 Å². The van der Waals surface area contributed by atoms with E-state index in [0.717, 1.165) is 0 Å². The van der Waals surface area contributed by atoms with Gasteiger partial charge in [-0.3, -0.25) is 0 Å². The zero-order chi connectivity index (χ0) is 5.41. The van der Waals surface area contributed by atoms with Gasteiger partial charge in [-0.25, -0.2) is 0 Å². The molecule has 0 saturated carbocycles. The van der Waals surface area contributed by atoms with E-state index in [0.29, 0.717) is 0 Å². The summed E-state index contributed by atoms with van der Waals surface area (Å²) in [7, 11) is 2.66. The molecule has 0 saturated heterocycles. The van der Waals surface area contributed by atoms with Gasteiger partial charge >= 0.3 is 68.3 Å². The predicted molar refractivity (Wildman–Crippen MR) is 49.0 cm³/mol. The van der Waals surface area contributed by atoms with Gasteiger partial charge < -0.3 is 14.9 Å². The van der Waals surface area contributed by atoms with Crippen LogP contribution in [-0.4, -0.2) is 6.16 Å². The molecule has 0 rings (SSSR count). The molecule has 0 aliphatic carbocycles. The minimum atomic E-state index is 0. The molecule has 0 N–H and O–H groups in total. The first-order valence-corrected chi connectivity index (χ1v) is 3.43. The fourth-order valence-corrected chi connectivity index (χ4v) is 0. The van der Waals surface area contributed by atoms with Gasteiger partial charge in [-0.1, -0.05) is 27.2 Å². The minimum absolute atomic E-state index is 0. The van der Waals surface area contributed by atoms with E-state index in [1.165, 1.54) is 12.6 Å². The van der Waals surface area contributed by atoms with E-state index in [4.69, 9.17) is 0 Å². The van der Waals surface area contributed by atoms with Gasteiger partial charge in [0.25, 0.3) is 0 Å². The van der Waals surface area contributed by atoms with Crippen LogP contribution >= 0.6 is 9.24 Å². The molecule has 0 nitrogen and oxygen atoms in total. The van der Waals surface area contributed by atoms with E-state index in [-0.39, 0.29) is 83.1 Å². The third kappa shape index (κ3) is 135. The fourth-order valence-electron chi connectivity index (χ4n) is 0. The van der Waals surface area contributed by atoms with Crippen molar-refractivity contribution >= 4 is 9.24 Å². The second kappa shape index (κ2) is 104. The van der Waals surface area contributed by atoms with E-state index in [1.807, 2.05) is 13.8 Å². The molecule has 0 aliphatic rings. The largest absolute Gasteiger partial charge is 2.00 e. The molecular weight excluding hydrogens is 369 g/mol. The summed E-state index contributed by atoms with van der Waals surface area (Å²) in [5, 5.41) is 0. The maximum atomic E-state index is 2.66. The summed E-state index contributed by atoms with van der Waals surface area (Å²) in [5.74, 6) is 0. The van der Waals surface area contributed by atoms with Crippen LogP contribution < -0.4 is 0 Å². The van der Waals surface area contributed by atoms with Gasteiger partial charge in [-0.05, 0) is 6.16 Å². The van der Waals surface area contributed by atoms with E-state index >= 15 is 0 Å². The van der Waals surface area contributed by atoms with Crippen LogP contribution in [0.2, 0.25) is 0 Å². The van der Waals surface area contributed by atoms with Gasteiger partial charge in [0.05, 0.1) is 0 Å². The molecule has 0 heterocycles. The minimum Gasteiger partial charge on any atom is -0.358 e. The Morgan fingerprint density at radius 3 is 0.917 bits per heavy atom. The average molecular weight is 390 g/mol. The summed E-state index contributed by atoms with van der Waals surface area (Å²) >= 11 is 0. The third-order valence-electron chi connectivity index (χ3n) is 0.289. The van der Waals surface area contributed by atoms with Gasteiger partial charge in [-0.2, -0.15) is 0 Å². The summed E-state index contributed by atoms with van der Waals surface area (Å²) in [6.45, 7) is 6.16. The normalized spacial score (nSPS) is 3.00. The first kappa shape index (κ1) is 62.5. The molecule has 1 unspecified atom stereocenters. The first-order chi connectivity index (χ1) is 2.91. The fraction of sp³-hybridized carbons (Fsp3) is 0.714. The molecule has 1 atom stereocenters. The Balaban J connectivity index is -0.00000000317. The van der Waals surface area contributed by atoms with E-state index in [2.05, 4.69) is 16.2 Å². The molecule has 12 heavy (non-hydrogen) atoms. The molecule has 0 aliphatic heterocycles. The van der Waals surface area contributed by atoms with Crippen LogP contribution in [-0.2, 0) is 68.3 Å². The van der Waals surface area contributed by atoms with Crippen molar-refractivity contribution in [1.82, 2.24) is 0 Å². The Kier molecular flexibility index (Phi) is 542. The van der Waals surface area contributed by atoms with Crippen molar-refractivity contribution in [3.63, 3.8) is 0 Å². The Labute approximate surface area is 125 Å². The maximum absolute atomic E-state index is 2.66. The van der Waals surface area contributed by atoms with Gasteiger partial charge in [0.15, 0.2) is 0 Å². The van der Waals surface area contributed by atoms with Crippen LogP contribution in [0, 0.1) is 14.9 Å². The molecule has 0 aromatic heterocycles. The van der Waals surface area contributed by atoms with E-state index in [1.54, 1.807) is 0 Å². The van der Waals surface area contributed by atoms with Crippen molar-refractivity contribution < 1.29 is 68.3 Å².